The molecule has 1 aromatic carbocycles. The summed E-state index contributed by atoms with van der Waals surface area (Å²) in [4.78, 5) is 41.8. The molecular formula is C25H30F4N4O5. The van der Waals surface area contributed by atoms with Crippen molar-refractivity contribution in [2.45, 2.75) is 25.6 Å². The number of carboxylic acid groups (broad SMARTS) is 1. The largest absolute Gasteiger partial charge is 0.490 e. The van der Waals surface area contributed by atoms with Crippen molar-refractivity contribution in [1.29, 1.82) is 0 Å². The molecule has 0 spiro atoms. The van der Waals surface area contributed by atoms with Crippen molar-refractivity contribution < 1.29 is 41.8 Å². The normalized spacial score (nSPS) is 14.3. The number of ether oxygens (including phenoxy) is 1. The van der Waals surface area contributed by atoms with Gasteiger partial charge in [-0.2, -0.15) is 13.2 Å². The summed E-state index contributed by atoms with van der Waals surface area (Å²) in [5, 5.41) is 9.98. The van der Waals surface area contributed by atoms with Gasteiger partial charge < -0.3 is 20.1 Å². The number of hydrogen-bond donors (Lipinski definition) is 2. The van der Waals surface area contributed by atoms with Crippen molar-refractivity contribution in [1.82, 2.24) is 14.8 Å². The molecular weight excluding hydrogens is 512 g/mol. The van der Waals surface area contributed by atoms with E-state index in [1.54, 1.807) is 25.3 Å². The van der Waals surface area contributed by atoms with Crippen LogP contribution in [0.15, 0.2) is 42.6 Å². The highest BCUT2D eigenvalue weighted by atomic mass is 19.4. The molecule has 2 heterocycles. The maximum atomic E-state index is 13.0. The number of Topliss-reactive ketones (excluding diaryl/α,β-unsaturated/α-hetero) is 1. The first kappa shape index (κ1) is 30.6. The summed E-state index contributed by atoms with van der Waals surface area (Å²) in [5.41, 5.74) is 1.98. The molecule has 2 N–H and O–H groups in total. The van der Waals surface area contributed by atoms with Crippen LogP contribution in [0.1, 0.15) is 28.9 Å². The fourth-order valence-corrected chi connectivity index (χ4v) is 3.68. The zero-order valence-corrected chi connectivity index (χ0v) is 21.0. The zero-order chi connectivity index (χ0) is 28.3. The molecule has 0 saturated carbocycles. The molecule has 0 bridgehead atoms. The number of alkyl halides is 3. The van der Waals surface area contributed by atoms with Gasteiger partial charge in [-0.3, -0.25) is 14.7 Å². The molecule has 1 aliphatic rings. The number of carbonyl (C=O) groups excluding carboxylic acids is 2. The van der Waals surface area contributed by atoms with Crippen molar-refractivity contribution in [2.75, 3.05) is 45.7 Å². The van der Waals surface area contributed by atoms with E-state index < -0.39 is 12.1 Å². The monoisotopic (exact) mass is 542 g/mol. The Labute approximate surface area is 217 Å². The number of anilines is 1. The summed E-state index contributed by atoms with van der Waals surface area (Å²) in [7, 11) is 3.40. The van der Waals surface area contributed by atoms with Crippen LogP contribution in [-0.4, -0.2) is 84.2 Å². The Kier molecular flexibility index (Phi) is 11.6. The number of rotatable bonds is 8. The Morgan fingerprint density at radius 1 is 1.13 bits per heavy atom. The number of nitrogens with zero attached hydrogens (tertiary/aromatic N) is 3. The molecule has 1 fully saturated rings. The van der Waals surface area contributed by atoms with Crippen molar-refractivity contribution in [2.24, 2.45) is 5.92 Å². The van der Waals surface area contributed by atoms with Crippen LogP contribution in [0.25, 0.3) is 0 Å². The molecule has 0 unspecified atom stereocenters. The number of ketones is 1. The second-order valence-corrected chi connectivity index (χ2v) is 8.73. The fraction of sp³-hybridized carbons (Fsp3) is 0.440. The zero-order valence-electron chi connectivity index (χ0n) is 21.0. The third kappa shape index (κ3) is 10.4. The SMILES string of the molecule is COCc1ccc(NC(=O)N(C)CC2CCN(CC(=O)c3ccc(F)cc3)CC2)cn1.O=C(O)C(F)(F)F. The predicted octanol–water partition coefficient (Wildman–Crippen LogP) is 4.06. The number of carbonyl (C=O) groups is 3. The van der Waals surface area contributed by atoms with Gasteiger partial charge in [0.05, 0.1) is 30.7 Å². The van der Waals surface area contributed by atoms with E-state index >= 15 is 0 Å². The number of carboxylic acids is 1. The summed E-state index contributed by atoms with van der Waals surface area (Å²) in [5.74, 6) is -2.72. The van der Waals surface area contributed by atoms with E-state index in [9.17, 15) is 27.2 Å². The molecule has 3 rings (SSSR count). The van der Waals surface area contributed by atoms with Crippen LogP contribution in [-0.2, 0) is 16.1 Å². The number of amides is 2. The number of aliphatic carboxylic acids is 1. The molecule has 13 heteroatoms. The predicted molar refractivity (Wildman–Crippen MR) is 130 cm³/mol. The van der Waals surface area contributed by atoms with Gasteiger partial charge in [-0.1, -0.05) is 0 Å². The third-order valence-corrected chi connectivity index (χ3v) is 5.73. The lowest BCUT2D eigenvalue weighted by Crippen LogP contribution is -2.42. The molecule has 0 radical (unpaired) electrons. The van der Waals surface area contributed by atoms with Gasteiger partial charge in [-0.15, -0.1) is 0 Å². The number of methoxy groups -OCH3 is 1. The molecule has 0 aliphatic carbocycles. The van der Waals surface area contributed by atoms with Crippen molar-refractivity contribution in [3.05, 3.63) is 59.7 Å². The van der Waals surface area contributed by atoms with E-state index in [2.05, 4.69) is 15.2 Å². The van der Waals surface area contributed by atoms with Crippen LogP contribution in [0.4, 0.5) is 28.0 Å². The van der Waals surface area contributed by atoms with E-state index in [0.29, 0.717) is 36.9 Å². The summed E-state index contributed by atoms with van der Waals surface area (Å²) in [6, 6.07) is 9.13. The molecule has 0 atom stereocenters. The Balaban J connectivity index is 0.000000638. The van der Waals surface area contributed by atoms with E-state index in [0.717, 1.165) is 31.6 Å². The van der Waals surface area contributed by atoms with E-state index in [1.165, 1.54) is 24.3 Å². The van der Waals surface area contributed by atoms with Crippen LogP contribution >= 0.6 is 0 Å². The smallest absolute Gasteiger partial charge is 0.475 e. The topological polar surface area (TPSA) is 112 Å². The minimum Gasteiger partial charge on any atom is -0.475 e. The lowest BCUT2D eigenvalue weighted by Gasteiger charge is -2.33. The van der Waals surface area contributed by atoms with Crippen LogP contribution in [0, 0.1) is 11.7 Å². The lowest BCUT2D eigenvalue weighted by molar-refractivity contribution is -0.192. The van der Waals surface area contributed by atoms with Crippen LogP contribution < -0.4 is 5.32 Å². The standard InChI is InChI=1S/C23H29FN4O3.C2HF3O2/c1-27(23(30)26-20-7-8-21(16-31-2)25-13-20)14-17-9-11-28(12-10-17)15-22(29)18-3-5-19(24)6-4-18;3-2(4,5)1(6)7/h3-8,13,17H,9-12,14-16H2,1-2H3,(H,26,30);(H,6,7). The lowest BCUT2D eigenvalue weighted by atomic mass is 9.96. The van der Waals surface area contributed by atoms with Gasteiger partial charge in [-0.25, -0.2) is 14.0 Å². The van der Waals surface area contributed by atoms with Crippen molar-refractivity contribution in [3.63, 3.8) is 0 Å². The minimum atomic E-state index is -5.08. The molecule has 9 nitrogen and oxygen atoms in total. The average Bonchev–Trinajstić information content (AvgIpc) is 2.86. The van der Waals surface area contributed by atoms with Crippen LogP contribution in [0.3, 0.4) is 0 Å². The summed E-state index contributed by atoms with van der Waals surface area (Å²) >= 11 is 0. The first-order chi connectivity index (χ1) is 17.9. The number of piperidine rings is 1. The minimum absolute atomic E-state index is 0.0000677. The van der Waals surface area contributed by atoms with Gasteiger partial charge >= 0.3 is 18.2 Å². The first-order valence-corrected chi connectivity index (χ1v) is 11.7. The number of aromatic nitrogens is 1. The molecule has 1 aromatic heterocycles. The Bertz CT molecular complexity index is 1060. The summed E-state index contributed by atoms with van der Waals surface area (Å²) < 4.78 is 49.8. The van der Waals surface area contributed by atoms with Gasteiger partial charge in [0.2, 0.25) is 0 Å². The number of nitrogens with one attached hydrogen (secondary N) is 1. The number of pyridine rings is 1. The average molecular weight is 543 g/mol. The van der Waals surface area contributed by atoms with Crippen LogP contribution in [0.5, 0.6) is 0 Å². The van der Waals surface area contributed by atoms with E-state index in [1.807, 2.05) is 12.1 Å². The molecule has 208 valence electrons. The highest BCUT2D eigenvalue weighted by Crippen LogP contribution is 2.19. The van der Waals surface area contributed by atoms with Gasteiger partial charge in [-0.05, 0) is 68.2 Å². The van der Waals surface area contributed by atoms with Gasteiger partial charge in [0.25, 0.3) is 0 Å². The number of urea groups is 1. The molecule has 1 saturated heterocycles. The van der Waals surface area contributed by atoms with Crippen molar-refractivity contribution >= 4 is 23.5 Å². The maximum absolute atomic E-state index is 13.0. The third-order valence-electron chi connectivity index (χ3n) is 5.73. The molecule has 1 aliphatic heterocycles. The first-order valence-electron chi connectivity index (χ1n) is 11.7. The Morgan fingerprint density at radius 3 is 2.24 bits per heavy atom. The Hall–Kier alpha value is -3.58. The molecule has 2 aromatic rings. The van der Waals surface area contributed by atoms with Crippen LogP contribution in [0.2, 0.25) is 0 Å². The fourth-order valence-electron chi connectivity index (χ4n) is 3.68. The van der Waals surface area contributed by atoms with E-state index in [4.69, 9.17) is 14.6 Å². The summed E-state index contributed by atoms with van der Waals surface area (Å²) in [6.07, 6.45) is -1.63. The van der Waals surface area contributed by atoms with E-state index in [-0.39, 0.29) is 17.6 Å². The highest BCUT2D eigenvalue weighted by molar-refractivity contribution is 5.97. The quantitative estimate of drug-likeness (QED) is 0.382. The number of likely N-dealkylation sites (tertiary alicyclic amines) is 1. The Morgan fingerprint density at radius 2 is 1.74 bits per heavy atom. The second kappa shape index (κ2) is 14.4. The van der Waals surface area contributed by atoms with Crippen molar-refractivity contribution in [3.8, 4) is 0 Å². The molecule has 38 heavy (non-hydrogen) atoms. The van der Waals surface area contributed by atoms with Gasteiger partial charge in [0.15, 0.2) is 5.78 Å². The maximum Gasteiger partial charge on any atom is 0.490 e. The van der Waals surface area contributed by atoms with Gasteiger partial charge in [0.1, 0.15) is 5.82 Å². The number of halogens is 4. The number of benzene rings is 1. The van der Waals surface area contributed by atoms with Gasteiger partial charge in [0, 0.05) is 26.3 Å². The second-order valence-electron chi connectivity index (χ2n) is 8.73. The summed E-state index contributed by atoms with van der Waals surface area (Å²) in [6.45, 7) is 3.03. The highest BCUT2D eigenvalue weighted by Gasteiger charge is 2.38. The number of hydrogen-bond acceptors (Lipinski definition) is 6. The molecule has 2 amide bonds.